The number of imidazole rings is 1. The summed E-state index contributed by atoms with van der Waals surface area (Å²) in [5.74, 6) is 0.705. The molecule has 3 heterocycles. The van der Waals surface area contributed by atoms with E-state index in [4.69, 9.17) is 14.7 Å². The van der Waals surface area contributed by atoms with Crippen LogP contribution in [0.3, 0.4) is 0 Å². The lowest BCUT2D eigenvalue weighted by Gasteiger charge is -2.22. The number of carbonyl (C=O) groups excluding carboxylic acids is 1. The second-order valence-electron chi connectivity index (χ2n) is 8.94. The van der Waals surface area contributed by atoms with Crippen LogP contribution in [0.25, 0.3) is 27.0 Å². The first kappa shape index (κ1) is 23.5. The van der Waals surface area contributed by atoms with Gasteiger partial charge in [0.2, 0.25) is 0 Å². The number of urea groups is 1. The summed E-state index contributed by atoms with van der Waals surface area (Å²) in [5.41, 5.74) is 4.26. The van der Waals surface area contributed by atoms with E-state index in [0.717, 1.165) is 21.9 Å². The van der Waals surface area contributed by atoms with Crippen LogP contribution in [-0.4, -0.2) is 26.9 Å². The van der Waals surface area contributed by atoms with Gasteiger partial charge in [-0.3, -0.25) is 4.40 Å². The number of anilines is 1. The molecule has 6 rings (SSSR count). The molecule has 2 amide bonds. The molecule has 0 aliphatic carbocycles. The van der Waals surface area contributed by atoms with Crippen molar-refractivity contribution < 1.29 is 9.21 Å². The zero-order valence-corrected chi connectivity index (χ0v) is 21.2. The highest BCUT2D eigenvalue weighted by molar-refractivity contribution is 7.15. The maximum Gasteiger partial charge on any atom is 0.322 e. The molecule has 0 aliphatic heterocycles. The number of carbonyl (C=O) groups is 1. The van der Waals surface area contributed by atoms with E-state index in [1.165, 1.54) is 10.8 Å². The number of nitrogens with zero attached hydrogens (tertiary/aromatic N) is 4. The summed E-state index contributed by atoms with van der Waals surface area (Å²) in [6.45, 7) is 0.826. The Morgan fingerprint density at radius 3 is 2.68 bits per heavy atom. The van der Waals surface area contributed by atoms with Crippen LogP contribution in [0.1, 0.15) is 17.0 Å². The highest BCUT2D eigenvalue weighted by atomic mass is 32.1. The van der Waals surface area contributed by atoms with E-state index in [0.29, 0.717) is 36.5 Å². The van der Waals surface area contributed by atoms with Crippen molar-refractivity contribution in [1.29, 1.82) is 5.26 Å². The molecule has 0 unspecified atom stereocenters. The lowest BCUT2D eigenvalue weighted by Crippen LogP contribution is -2.36. The first-order valence-electron chi connectivity index (χ1n) is 12.2. The van der Waals surface area contributed by atoms with Gasteiger partial charge in [-0.25, -0.2) is 9.78 Å². The lowest BCUT2D eigenvalue weighted by molar-refractivity contribution is 0.204. The number of aromatic nitrogens is 2. The first-order chi connectivity index (χ1) is 18.7. The van der Waals surface area contributed by atoms with Crippen LogP contribution >= 0.6 is 11.3 Å². The third-order valence-corrected chi connectivity index (χ3v) is 7.33. The largest absolute Gasteiger partial charge is 0.467 e. The summed E-state index contributed by atoms with van der Waals surface area (Å²) in [7, 11) is 0. The molecule has 0 fully saturated rings. The number of hydrogen-bond acceptors (Lipinski definition) is 5. The van der Waals surface area contributed by atoms with Crippen molar-refractivity contribution in [2.24, 2.45) is 0 Å². The maximum atomic E-state index is 13.2. The van der Waals surface area contributed by atoms with Gasteiger partial charge in [-0.15, -0.1) is 11.3 Å². The van der Waals surface area contributed by atoms with Crippen LogP contribution < -0.4 is 5.32 Å². The predicted molar refractivity (Wildman–Crippen MR) is 149 cm³/mol. The number of benzene rings is 3. The van der Waals surface area contributed by atoms with Gasteiger partial charge in [0.1, 0.15) is 5.76 Å². The van der Waals surface area contributed by atoms with Crippen molar-refractivity contribution in [3.63, 3.8) is 0 Å². The van der Waals surface area contributed by atoms with Crippen molar-refractivity contribution in [3.05, 3.63) is 114 Å². The summed E-state index contributed by atoms with van der Waals surface area (Å²) in [5, 5.41) is 16.4. The second kappa shape index (κ2) is 10.2. The number of amides is 2. The molecule has 0 aliphatic rings. The number of rotatable bonds is 7. The van der Waals surface area contributed by atoms with Gasteiger partial charge in [0.05, 0.1) is 30.1 Å². The summed E-state index contributed by atoms with van der Waals surface area (Å²) in [4.78, 5) is 20.7. The highest BCUT2D eigenvalue weighted by Gasteiger charge is 2.18. The summed E-state index contributed by atoms with van der Waals surface area (Å²) >= 11 is 1.59. The maximum absolute atomic E-state index is 13.2. The van der Waals surface area contributed by atoms with Gasteiger partial charge < -0.3 is 14.6 Å². The zero-order valence-electron chi connectivity index (χ0n) is 20.4. The van der Waals surface area contributed by atoms with Crippen molar-refractivity contribution >= 4 is 38.8 Å². The molecule has 38 heavy (non-hydrogen) atoms. The number of thiazole rings is 1. The van der Waals surface area contributed by atoms with Gasteiger partial charge in [-0.1, -0.05) is 36.4 Å². The smallest absolute Gasteiger partial charge is 0.322 e. The van der Waals surface area contributed by atoms with Crippen LogP contribution in [0.5, 0.6) is 0 Å². The quantitative estimate of drug-likeness (QED) is 0.248. The molecule has 3 aromatic carbocycles. The third-order valence-electron chi connectivity index (χ3n) is 6.45. The van der Waals surface area contributed by atoms with E-state index in [-0.39, 0.29) is 6.03 Å². The number of fused-ring (bicyclic) bond motifs is 2. The Bertz CT molecular complexity index is 1760. The van der Waals surface area contributed by atoms with Crippen molar-refractivity contribution in [2.75, 3.05) is 11.9 Å². The van der Waals surface area contributed by atoms with Gasteiger partial charge in [-0.05, 0) is 53.2 Å². The monoisotopic (exact) mass is 517 g/mol. The number of furan rings is 1. The molecular weight excluding hydrogens is 494 g/mol. The molecule has 0 saturated carbocycles. The molecule has 0 spiro atoms. The number of nitrogens with one attached hydrogen (secondary N) is 1. The molecule has 1 N–H and O–H groups in total. The Morgan fingerprint density at radius 2 is 1.89 bits per heavy atom. The molecule has 6 aromatic rings. The molecular formula is C30H23N5O2S. The van der Waals surface area contributed by atoms with E-state index in [1.807, 2.05) is 24.3 Å². The Morgan fingerprint density at radius 1 is 1.05 bits per heavy atom. The third kappa shape index (κ3) is 4.88. The molecule has 7 nitrogen and oxygen atoms in total. The molecule has 8 heteroatoms. The van der Waals surface area contributed by atoms with E-state index in [1.54, 1.807) is 46.8 Å². The van der Waals surface area contributed by atoms with E-state index in [9.17, 15) is 4.79 Å². The van der Waals surface area contributed by atoms with Gasteiger partial charge in [0, 0.05) is 41.5 Å². The molecule has 186 valence electrons. The fourth-order valence-corrected chi connectivity index (χ4v) is 5.33. The normalized spacial score (nSPS) is 11.0. The second-order valence-corrected chi connectivity index (χ2v) is 9.77. The summed E-state index contributed by atoms with van der Waals surface area (Å²) in [6, 6.07) is 27.0. The molecule has 0 atom stereocenters. The van der Waals surface area contributed by atoms with Crippen LogP contribution in [0.2, 0.25) is 0 Å². The van der Waals surface area contributed by atoms with Gasteiger partial charge in [0.15, 0.2) is 4.96 Å². The van der Waals surface area contributed by atoms with Crippen LogP contribution in [0.4, 0.5) is 10.5 Å². The fourth-order valence-electron chi connectivity index (χ4n) is 4.42. The van der Waals surface area contributed by atoms with E-state index in [2.05, 4.69) is 57.7 Å². The van der Waals surface area contributed by atoms with Crippen molar-refractivity contribution in [2.45, 2.75) is 13.0 Å². The van der Waals surface area contributed by atoms with E-state index >= 15 is 0 Å². The van der Waals surface area contributed by atoms with Crippen molar-refractivity contribution in [1.82, 2.24) is 14.3 Å². The topological polar surface area (TPSA) is 86.6 Å². The first-order valence-corrected chi connectivity index (χ1v) is 13.1. The Labute approximate surface area is 223 Å². The lowest BCUT2D eigenvalue weighted by atomic mass is 10.1. The van der Waals surface area contributed by atoms with Gasteiger partial charge >= 0.3 is 6.03 Å². The molecule has 3 aromatic heterocycles. The summed E-state index contributed by atoms with van der Waals surface area (Å²) < 4.78 is 7.62. The standard InChI is InChI=1S/C30H23N5O2S/c31-17-21-7-11-25(12-8-21)32-29(36)34(18-27-6-3-15-37-27)14-13-26-20-38-30-33-28(19-35(26)30)24-10-9-22-4-1-2-5-23(22)16-24/h1-12,15-16,19-20H,13-14,18H2,(H,32,36). The average molecular weight is 518 g/mol. The minimum absolute atomic E-state index is 0.236. The highest BCUT2D eigenvalue weighted by Crippen LogP contribution is 2.27. The van der Waals surface area contributed by atoms with Crippen LogP contribution in [-0.2, 0) is 13.0 Å². The van der Waals surface area contributed by atoms with Crippen LogP contribution in [0.15, 0.2) is 101 Å². The zero-order chi connectivity index (χ0) is 25.9. The van der Waals surface area contributed by atoms with E-state index < -0.39 is 0 Å². The average Bonchev–Trinajstić information content (AvgIpc) is 3.70. The number of nitriles is 1. The molecule has 0 bridgehead atoms. The van der Waals surface area contributed by atoms with Gasteiger partial charge in [-0.2, -0.15) is 5.26 Å². The van der Waals surface area contributed by atoms with Crippen molar-refractivity contribution in [3.8, 4) is 17.3 Å². The molecule has 0 saturated heterocycles. The Kier molecular flexibility index (Phi) is 6.34. The summed E-state index contributed by atoms with van der Waals surface area (Å²) in [6.07, 6.45) is 4.32. The van der Waals surface area contributed by atoms with Crippen LogP contribution in [0, 0.1) is 11.3 Å². The fraction of sp³-hybridized carbons (Fsp3) is 0.100. The predicted octanol–water partition coefficient (Wildman–Crippen LogP) is 6.96. The minimum atomic E-state index is -0.236. The minimum Gasteiger partial charge on any atom is -0.467 e. The Hall–Kier alpha value is -4.87. The SMILES string of the molecule is N#Cc1ccc(NC(=O)N(CCc2csc3nc(-c4ccc5ccccc5c4)cn23)Cc2ccco2)cc1. The Balaban J connectivity index is 1.21. The molecule has 0 radical (unpaired) electrons. The number of hydrogen-bond donors (Lipinski definition) is 1. The van der Waals surface area contributed by atoms with Gasteiger partial charge in [0.25, 0.3) is 0 Å².